The maximum Gasteiger partial charge on any atom is 0.183 e. The van der Waals surface area contributed by atoms with Crippen LogP contribution in [0, 0.1) is 13.8 Å². The minimum absolute atomic E-state index is 0.306. The number of nitrogens with zero attached hydrogens (tertiary/aromatic N) is 1. The number of benzene rings is 2. The first-order valence-corrected chi connectivity index (χ1v) is 8.05. The largest absolute Gasteiger partial charge is 0.508 e. The molecule has 0 bridgehead atoms. The van der Waals surface area contributed by atoms with Gasteiger partial charge in [-0.25, -0.2) is 4.98 Å². The zero-order valence-corrected chi connectivity index (χ0v) is 13.4. The first-order chi connectivity index (χ1) is 10.6. The molecule has 0 atom stereocenters. The van der Waals surface area contributed by atoms with Crippen molar-refractivity contribution in [3.8, 4) is 17.0 Å². The van der Waals surface area contributed by atoms with Crippen LogP contribution in [0.25, 0.3) is 11.3 Å². The summed E-state index contributed by atoms with van der Waals surface area (Å²) in [6.45, 7) is 4.79. The second kappa shape index (κ2) is 6.20. The number of thiazole rings is 1. The van der Waals surface area contributed by atoms with Gasteiger partial charge in [-0.15, -0.1) is 11.3 Å². The van der Waals surface area contributed by atoms with Crippen molar-refractivity contribution in [1.29, 1.82) is 0 Å². The van der Waals surface area contributed by atoms with E-state index in [1.807, 2.05) is 18.2 Å². The predicted molar refractivity (Wildman–Crippen MR) is 92.5 cm³/mol. The molecule has 0 aliphatic carbocycles. The van der Waals surface area contributed by atoms with E-state index in [0.717, 1.165) is 22.0 Å². The number of hydrogen-bond donors (Lipinski definition) is 2. The molecule has 0 saturated heterocycles. The van der Waals surface area contributed by atoms with Gasteiger partial charge >= 0.3 is 0 Å². The Labute approximate surface area is 134 Å². The van der Waals surface area contributed by atoms with Crippen LogP contribution in [0.5, 0.6) is 5.75 Å². The molecular weight excluding hydrogens is 292 g/mol. The van der Waals surface area contributed by atoms with Gasteiger partial charge < -0.3 is 10.4 Å². The molecule has 1 heterocycles. The minimum atomic E-state index is 0.306. The molecule has 3 aromatic rings. The quantitative estimate of drug-likeness (QED) is 0.731. The number of phenolic OH excluding ortho intramolecular Hbond substituents is 1. The van der Waals surface area contributed by atoms with Gasteiger partial charge in [0.1, 0.15) is 5.75 Å². The lowest BCUT2D eigenvalue weighted by atomic mass is 10.1. The fourth-order valence-corrected chi connectivity index (χ4v) is 2.94. The highest BCUT2D eigenvalue weighted by Gasteiger charge is 2.06. The Kier molecular flexibility index (Phi) is 4.11. The van der Waals surface area contributed by atoms with E-state index in [1.165, 1.54) is 11.1 Å². The van der Waals surface area contributed by atoms with E-state index in [1.54, 1.807) is 17.4 Å². The normalized spacial score (nSPS) is 10.6. The number of phenols is 1. The van der Waals surface area contributed by atoms with Crippen molar-refractivity contribution < 1.29 is 5.11 Å². The smallest absolute Gasteiger partial charge is 0.183 e. The molecule has 112 valence electrons. The third-order valence-corrected chi connectivity index (χ3v) is 4.53. The van der Waals surface area contributed by atoms with Crippen LogP contribution in [-0.4, -0.2) is 10.1 Å². The second-order valence-corrected chi connectivity index (χ2v) is 6.18. The number of hydrogen-bond acceptors (Lipinski definition) is 4. The Bertz CT molecular complexity index is 795. The van der Waals surface area contributed by atoms with Gasteiger partial charge in [-0.3, -0.25) is 0 Å². The van der Waals surface area contributed by atoms with Gasteiger partial charge in [-0.1, -0.05) is 30.3 Å². The molecule has 0 saturated carbocycles. The van der Waals surface area contributed by atoms with Crippen molar-refractivity contribution in [3.63, 3.8) is 0 Å². The zero-order chi connectivity index (χ0) is 15.5. The highest BCUT2D eigenvalue weighted by Crippen LogP contribution is 2.27. The van der Waals surface area contributed by atoms with Crippen LogP contribution in [0.15, 0.2) is 47.8 Å². The van der Waals surface area contributed by atoms with E-state index in [4.69, 9.17) is 0 Å². The van der Waals surface area contributed by atoms with E-state index < -0.39 is 0 Å². The molecule has 0 radical (unpaired) electrons. The molecule has 22 heavy (non-hydrogen) atoms. The van der Waals surface area contributed by atoms with E-state index in [-0.39, 0.29) is 0 Å². The number of aromatic hydroxyl groups is 1. The Morgan fingerprint density at radius 3 is 2.68 bits per heavy atom. The predicted octanol–water partition coefficient (Wildman–Crippen LogP) is 4.74. The lowest BCUT2D eigenvalue weighted by Gasteiger charge is -2.05. The first-order valence-electron chi connectivity index (χ1n) is 7.17. The van der Waals surface area contributed by atoms with Crippen molar-refractivity contribution in [3.05, 3.63) is 64.5 Å². The van der Waals surface area contributed by atoms with E-state index in [0.29, 0.717) is 12.3 Å². The molecule has 0 unspecified atom stereocenters. The van der Waals surface area contributed by atoms with E-state index in [9.17, 15) is 5.11 Å². The third-order valence-electron chi connectivity index (χ3n) is 3.73. The van der Waals surface area contributed by atoms with Gasteiger partial charge in [-0.05, 0) is 37.1 Å². The zero-order valence-electron chi connectivity index (χ0n) is 12.6. The number of aryl methyl sites for hydroxylation is 2. The molecule has 0 spiro atoms. The lowest BCUT2D eigenvalue weighted by Crippen LogP contribution is -1.99. The lowest BCUT2D eigenvalue weighted by molar-refractivity contribution is 0.469. The van der Waals surface area contributed by atoms with Crippen molar-refractivity contribution in [2.24, 2.45) is 0 Å². The van der Waals surface area contributed by atoms with Crippen LogP contribution in [0.4, 0.5) is 5.13 Å². The number of anilines is 1. The summed E-state index contributed by atoms with van der Waals surface area (Å²) in [6, 6.07) is 13.7. The second-order valence-electron chi connectivity index (χ2n) is 5.32. The molecule has 4 heteroatoms. The highest BCUT2D eigenvalue weighted by molar-refractivity contribution is 7.14. The number of rotatable bonds is 4. The first kappa shape index (κ1) is 14.6. The van der Waals surface area contributed by atoms with Crippen LogP contribution in [0.1, 0.15) is 16.7 Å². The molecule has 2 N–H and O–H groups in total. The van der Waals surface area contributed by atoms with Crippen molar-refractivity contribution >= 4 is 16.5 Å². The van der Waals surface area contributed by atoms with Gasteiger partial charge in [0, 0.05) is 23.1 Å². The summed E-state index contributed by atoms with van der Waals surface area (Å²) in [6.07, 6.45) is 0. The topological polar surface area (TPSA) is 45.1 Å². The molecule has 0 fully saturated rings. The highest BCUT2D eigenvalue weighted by atomic mass is 32.1. The Morgan fingerprint density at radius 1 is 1.09 bits per heavy atom. The van der Waals surface area contributed by atoms with E-state index >= 15 is 0 Å². The summed E-state index contributed by atoms with van der Waals surface area (Å²) < 4.78 is 0. The average molecular weight is 310 g/mol. The van der Waals surface area contributed by atoms with Gasteiger partial charge in [-0.2, -0.15) is 0 Å². The van der Waals surface area contributed by atoms with Gasteiger partial charge in [0.25, 0.3) is 0 Å². The van der Waals surface area contributed by atoms with Crippen LogP contribution in [-0.2, 0) is 6.54 Å². The molecular formula is C18H18N2OS. The minimum Gasteiger partial charge on any atom is -0.508 e. The number of nitrogens with one attached hydrogen (secondary N) is 1. The van der Waals surface area contributed by atoms with Gasteiger partial charge in [0.05, 0.1) is 5.69 Å². The molecule has 2 aromatic carbocycles. The Balaban J connectivity index is 1.74. The van der Waals surface area contributed by atoms with Gasteiger partial charge in [0.15, 0.2) is 5.13 Å². The third kappa shape index (κ3) is 3.12. The fraction of sp³-hybridized carbons (Fsp3) is 0.167. The van der Waals surface area contributed by atoms with E-state index in [2.05, 4.69) is 47.7 Å². The average Bonchev–Trinajstić information content (AvgIpc) is 2.98. The Morgan fingerprint density at radius 2 is 1.91 bits per heavy atom. The van der Waals surface area contributed by atoms with Crippen LogP contribution in [0.3, 0.4) is 0 Å². The summed E-state index contributed by atoms with van der Waals surface area (Å²) in [7, 11) is 0. The van der Waals surface area contributed by atoms with Gasteiger partial charge in [0.2, 0.25) is 0 Å². The number of aromatic nitrogens is 1. The van der Waals surface area contributed by atoms with Crippen LogP contribution < -0.4 is 5.32 Å². The molecule has 3 nitrogen and oxygen atoms in total. The molecule has 3 rings (SSSR count). The van der Waals surface area contributed by atoms with Crippen molar-refractivity contribution in [1.82, 2.24) is 4.98 Å². The molecule has 0 aliphatic heterocycles. The summed E-state index contributed by atoms with van der Waals surface area (Å²) in [5, 5.41) is 15.9. The molecule has 0 aliphatic rings. The van der Waals surface area contributed by atoms with Crippen LogP contribution >= 0.6 is 11.3 Å². The van der Waals surface area contributed by atoms with Crippen molar-refractivity contribution in [2.45, 2.75) is 20.4 Å². The standard InChI is InChI=1S/C18H18N2OS/c1-12-7-8-14(9-13(12)2)16-11-22-18(20-16)19-10-15-5-3-4-6-17(15)21/h3-9,11,21H,10H2,1-2H3,(H,19,20). The summed E-state index contributed by atoms with van der Waals surface area (Å²) >= 11 is 1.58. The number of para-hydroxylation sites is 1. The maximum atomic E-state index is 9.77. The summed E-state index contributed by atoms with van der Waals surface area (Å²) in [5.41, 5.74) is 5.54. The monoisotopic (exact) mass is 310 g/mol. The summed E-state index contributed by atoms with van der Waals surface area (Å²) in [5.74, 6) is 0.306. The molecule has 0 amide bonds. The molecule has 1 aromatic heterocycles. The van der Waals surface area contributed by atoms with Crippen LogP contribution in [0.2, 0.25) is 0 Å². The SMILES string of the molecule is Cc1ccc(-c2csc(NCc3ccccc3O)n2)cc1C. The fourth-order valence-electron chi connectivity index (χ4n) is 2.22. The maximum absolute atomic E-state index is 9.77. The summed E-state index contributed by atoms with van der Waals surface area (Å²) in [4.78, 5) is 4.62. The Hall–Kier alpha value is -2.33. The van der Waals surface area contributed by atoms with Crippen molar-refractivity contribution in [2.75, 3.05) is 5.32 Å².